The lowest BCUT2D eigenvalue weighted by Crippen LogP contribution is -2.48. The average Bonchev–Trinajstić information content (AvgIpc) is 2.82. The van der Waals surface area contributed by atoms with Crippen molar-refractivity contribution in [1.29, 1.82) is 0 Å². The van der Waals surface area contributed by atoms with Crippen LogP contribution in [0.25, 0.3) is 0 Å². The summed E-state index contributed by atoms with van der Waals surface area (Å²) >= 11 is 0. The van der Waals surface area contributed by atoms with Crippen molar-refractivity contribution in [2.45, 2.75) is 58.7 Å². The van der Waals surface area contributed by atoms with Gasteiger partial charge >= 0.3 is 0 Å². The van der Waals surface area contributed by atoms with Gasteiger partial charge < -0.3 is 14.5 Å². The summed E-state index contributed by atoms with van der Waals surface area (Å²) in [6, 6.07) is 1.80. The molecule has 6 nitrogen and oxygen atoms in total. The highest BCUT2D eigenvalue weighted by Crippen LogP contribution is 2.19. The van der Waals surface area contributed by atoms with Crippen LogP contribution in [-0.2, 0) is 4.74 Å². The van der Waals surface area contributed by atoms with Crippen molar-refractivity contribution in [2.75, 3.05) is 31.1 Å². The molecule has 2 unspecified atom stereocenters. The van der Waals surface area contributed by atoms with Gasteiger partial charge in [-0.05, 0) is 39.7 Å². The second kappa shape index (κ2) is 7.47. The smallest absolute Gasteiger partial charge is 0.272 e. The Hall–Kier alpha value is -1.69. The fourth-order valence-corrected chi connectivity index (χ4v) is 3.58. The monoisotopic (exact) mass is 332 g/mol. The molecular weight excluding hydrogens is 304 g/mol. The van der Waals surface area contributed by atoms with E-state index in [0.29, 0.717) is 24.7 Å². The van der Waals surface area contributed by atoms with E-state index in [4.69, 9.17) is 4.74 Å². The number of aryl methyl sites for hydroxylation is 1. The second-order valence-electron chi connectivity index (χ2n) is 7.06. The number of ether oxygens (including phenoxy) is 1. The third-order valence-corrected chi connectivity index (χ3v) is 4.66. The molecule has 2 atom stereocenters. The molecule has 2 aliphatic rings. The number of carbonyl (C=O) groups is 1. The van der Waals surface area contributed by atoms with Gasteiger partial charge in [0.15, 0.2) is 0 Å². The number of anilines is 1. The summed E-state index contributed by atoms with van der Waals surface area (Å²) in [5, 5.41) is 0. The van der Waals surface area contributed by atoms with Crippen LogP contribution in [0.5, 0.6) is 0 Å². The van der Waals surface area contributed by atoms with Crippen molar-refractivity contribution < 1.29 is 9.53 Å². The van der Waals surface area contributed by atoms with Crippen LogP contribution in [0, 0.1) is 6.92 Å². The number of hydrogen-bond acceptors (Lipinski definition) is 5. The fourth-order valence-electron chi connectivity index (χ4n) is 3.58. The average molecular weight is 332 g/mol. The molecule has 6 heteroatoms. The van der Waals surface area contributed by atoms with Crippen LogP contribution in [0.2, 0.25) is 0 Å². The third kappa shape index (κ3) is 4.04. The summed E-state index contributed by atoms with van der Waals surface area (Å²) in [5.74, 6) is 0.688. The predicted octanol–water partition coefficient (Wildman–Crippen LogP) is 2.41. The molecule has 132 valence electrons. The molecule has 3 rings (SSSR count). The van der Waals surface area contributed by atoms with Crippen molar-refractivity contribution in [3.05, 3.63) is 17.5 Å². The van der Waals surface area contributed by atoms with E-state index in [-0.39, 0.29) is 18.1 Å². The van der Waals surface area contributed by atoms with Crippen LogP contribution in [0.4, 0.5) is 5.95 Å². The van der Waals surface area contributed by atoms with Gasteiger partial charge in [0.1, 0.15) is 5.69 Å². The highest BCUT2D eigenvalue weighted by Gasteiger charge is 2.28. The molecule has 0 saturated carbocycles. The molecule has 2 aliphatic heterocycles. The zero-order valence-corrected chi connectivity index (χ0v) is 15.0. The largest absolute Gasteiger partial charge is 0.372 e. The van der Waals surface area contributed by atoms with E-state index >= 15 is 0 Å². The van der Waals surface area contributed by atoms with Gasteiger partial charge in [-0.25, -0.2) is 9.97 Å². The quantitative estimate of drug-likeness (QED) is 0.832. The van der Waals surface area contributed by atoms with Gasteiger partial charge in [0.05, 0.1) is 12.2 Å². The van der Waals surface area contributed by atoms with E-state index < -0.39 is 0 Å². The van der Waals surface area contributed by atoms with E-state index in [1.54, 1.807) is 6.07 Å². The van der Waals surface area contributed by atoms with Gasteiger partial charge in [-0.3, -0.25) is 4.79 Å². The van der Waals surface area contributed by atoms with Crippen molar-refractivity contribution in [3.8, 4) is 0 Å². The van der Waals surface area contributed by atoms with Crippen LogP contribution in [0.3, 0.4) is 0 Å². The van der Waals surface area contributed by atoms with E-state index in [0.717, 1.165) is 18.8 Å². The Kier molecular flexibility index (Phi) is 5.33. The molecule has 0 spiro atoms. The topological polar surface area (TPSA) is 58.6 Å². The van der Waals surface area contributed by atoms with Gasteiger partial charge in [0.2, 0.25) is 5.95 Å². The molecule has 0 radical (unpaired) electrons. The standard InChI is InChI=1S/C18H28N4O2/c1-13-10-16(17(23)22-11-14(2)24-15(3)12-22)20-18(19-13)21-8-6-4-5-7-9-21/h10,14-15H,4-9,11-12H2,1-3H3. The molecule has 0 bridgehead atoms. The van der Waals surface area contributed by atoms with Crippen LogP contribution < -0.4 is 4.90 Å². The summed E-state index contributed by atoms with van der Waals surface area (Å²) in [5.41, 5.74) is 1.35. The summed E-state index contributed by atoms with van der Waals surface area (Å²) in [7, 11) is 0. The Balaban J connectivity index is 1.81. The maximum Gasteiger partial charge on any atom is 0.272 e. The first-order valence-corrected chi connectivity index (χ1v) is 9.08. The van der Waals surface area contributed by atoms with Gasteiger partial charge in [0, 0.05) is 31.9 Å². The Bertz CT molecular complexity index is 574. The number of nitrogens with zero attached hydrogens (tertiary/aromatic N) is 4. The molecule has 3 heterocycles. The molecule has 1 aromatic rings. The number of hydrogen-bond donors (Lipinski definition) is 0. The minimum Gasteiger partial charge on any atom is -0.372 e. The summed E-state index contributed by atoms with van der Waals surface area (Å²) in [4.78, 5) is 26.2. The fraction of sp³-hybridized carbons (Fsp3) is 0.722. The van der Waals surface area contributed by atoms with Crippen molar-refractivity contribution in [1.82, 2.24) is 14.9 Å². The van der Waals surface area contributed by atoms with Gasteiger partial charge in [-0.15, -0.1) is 0 Å². The van der Waals surface area contributed by atoms with Gasteiger partial charge in [-0.1, -0.05) is 12.8 Å². The normalized spacial score (nSPS) is 25.5. The van der Waals surface area contributed by atoms with E-state index in [2.05, 4.69) is 14.9 Å². The van der Waals surface area contributed by atoms with E-state index in [9.17, 15) is 4.79 Å². The number of aromatic nitrogens is 2. The number of carbonyl (C=O) groups excluding carboxylic acids is 1. The lowest BCUT2D eigenvalue weighted by Gasteiger charge is -2.35. The molecule has 24 heavy (non-hydrogen) atoms. The number of rotatable bonds is 2. The SMILES string of the molecule is Cc1cc(C(=O)N2CC(C)OC(C)C2)nc(N2CCCCCC2)n1. The molecule has 1 aromatic heterocycles. The first kappa shape index (κ1) is 17.1. The summed E-state index contributed by atoms with van der Waals surface area (Å²) < 4.78 is 5.72. The molecule has 2 fully saturated rings. The second-order valence-corrected chi connectivity index (χ2v) is 7.06. The maximum absolute atomic E-state index is 12.9. The summed E-state index contributed by atoms with van der Waals surface area (Å²) in [6.45, 7) is 9.12. The Morgan fingerprint density at radius 3 is 2.33 bits per heavy atom. The molecule has 1 amide bonds. The first-order valence-electron chi connectivity index (χ1n) is 9.08. The zero-order valence-electron chi connectivity index (χ0n) is 15.0. The zero-order chi connectivity index (χ0) is 17.1. The molecule has 0 N–H and O–H groups in total. The van der Waals surface area contributed by atoms with Crippen molar-refractivity contribution in [3.63, 3.8) is 0 Å². The first-order chi connectivity index (χ1) is 11.5. The third-order valence-electron chi connectivity index (χ3n) is 4.66. The highest BCUT2D eigenvalue weighted by atomic mass is 16.5. The maximum atomic E-state index is 12.9. The van der Waals surface area contributed by atoms with Crippen LogP contribution in [-0.4, -0.2) is 59.2 Å². The van der Waals surface area contributed by atoms with E-state index in [1.807, 2.05) is 25.7 Å². The van der Waals surface area contributed by atoms with Crippen molar-refractivity contribution >= 4 is 11.9 Å². The molecule has 0 aromatic carbocycles. The minimum absolute atomic E-state index is 0.0152. The number of amides is 1. The molecule has 0 aliphatic carbocycles. The Morgan fingerprint density at radius 2 is 1.71 bits per heavy atom. The molecular formula is C18H28N4O2. The van der Waals surface area contributed by atoms with Crippen LogP contribution >= 0.6 is 0 Å². The van der Waals surface area contributed by atoms with Gasteiger partial charge in [-0.2, -0.15) is 0 Å². The van der Waals surface area contributed by atoms with Crippen molar-refractivity contribution in [2.24, 2.45) is 0 Å². The Morgan fingerprint density at radius 1 is 1.08 bits per heavy atom. The molecule has 2 saturated heterocycles. The lowest BCUT2D eigenvalue weighted by atomic mass is 10.2. The minimum atomic E-state index is -0.0152. The predicted molar refractivity (Wildman–Crippen MR) is 93.4 cm³/mol. The number of morpholine rings is 1. The van der Waals surface area contributed by atoms with Crippen LogP contribution in [0.15, 0.2) is 6.07 Å². The Labute approximate surface area is 144 Å². The lowest BCUT2D eigenvalue weighted by molar-refractivity contribution is -0.0587. The highest BCUT2D eigenvalue weighted by molar-refractivity contribution is 5.92. The summed E-state index contributed by atoms with van der Waals surface area (Å²) in [6.07, 6.45) is 4.98. The van der Waals surface area contributed by atoms with Crippen LogP contribution in [0.1, 0.15) is 55.7 Å². The van der Waals surface area contributed by atoms with E-state index in [1.165, 1.54) is 25.7 Å². The van der Waals surface area contributed by atoms with Gasteiger partial charge in [0.25, 0.3) is 5.91 Å².